The maximum atomic E-state index is 6.42. The maximum absolute atomic E-state index is 6.42. The van der Waals surface area contributed by atoms with E-state index in [0.717, 1.165) is 61.4 Å². The molecule has 0 bridgehead atoms. The van der Waals surface area contributed by atoms with Gasteiger partial charge in [-0.05, 0) is 57.5 Å². The molecule has 0 radical (unpaired) electrons. The average molecular weight is 602 g/mol. The Balaban J connectivity index is 1.09. The molecule has 4 nitrogen and oxygen atoms in total. The van der Waals surface area contributed by atoms with Crippen LogP contribution in [0.4, 0.5) is 0 Å². The van der Waals surface area contributed by atoms with E-state index in [-0.39, 0.29) is 0 Å². The first-order valence-electron chi connectivity index (χ1n) is 15.7. The topological polar surface area (TPSA) is 47.9 Å². The fourth-order valence-corrected chi connectivity index (χ4v) is 6.37. The molecule has 1 aromatic heterocycles. The number of fused-ring (bicyclic) bond motifs is 2. The van der Waals surface area contributed by atoms with Crippen LogP contribution in [0, 0.1) is 0 Å². The molecule has 0 fully saturated rings. The summed E-state index contributed by atoms with van der Waals surface area (Å²) in [6.07, 6.45) is 0. The second kappa shape index (κ2) is 11.2. The molecule has 0 aliphatic carbocycles. The molecule has 4 heteroatoms. The van der Waals surface area contributed by atoms with E-state index in [9.17, 15) is 0 Å². The van der Waals surface area contributed by atoms with Crippen LogP contribution in [-0.2, 0) is 0 Å². The monoisotopic (exact) mass is 601 g/mol. The predicted molar refractivity (Wildman–Crippen MR) is 190 cm³/mol. The first-order valence-corrected chi connectivity index (χ1v) is 15.7. The lowest BCUT2D eigenvalue weighted by Gasteiger charge is -2.22. The van der Waals surface area contributed by atoms with E-state index < -0.39 is 0 Å². The van der Waals surface area contributed by atoms with Crippen LogP contribution in [0.25, 0.3) is 78.3 Å². The quantitative estimate of drug-likeness (QED) is 0.197. The highest BCUT2D eigenvalue weighted by molar-refractivity contribution is 6.04. The number of aromatic nitrogens is 3. The van der Waals surface area contributed by atoms with Crippen LogP contribution >= 0.6 is 0 Å². The van der Waals surface area contributed by atoms with Crippen LogP contribution in [0.3, 0.4) is 0 Å². The van der Waals surface area contributed by atoms with Crippen molar-refractivity contribution in [3.63, 3.8) is 0 Å². The highest BCUT2D eigenvalue weighted by atomic mass is 16.5. The molecule has 7 aromatic carbocycles. The predicted octanol–water partition coefficient (Wildman–Crippen LogP) is 11.1. The van der Waals surface area contributed by atoms with E-state index in [0.29, 0.717) is 17.5 Å². The number of nitrogens with zero attached hydrogens (tertiary/aromatic N) is 3. The molecular weight excluding hydrogens is 574 g/mol. The minimum Gasteiger partial charge on any atom is -0.456 e. The van der Waals surface area contributed by atoms with Crippen molar-refractivity contribution in [2.75, 3.05) is 0 Å². The van der Waals surface area contributed by atoms with Gasteiger partial charge < -0.3 is 4.74 Å². The Labute approximate surface area is 272 Å². The molecule has 0 saturated carbocycles. The van der Waals surface area contributed by atoms with E-state index in [1.54, 1.807) is 0 Å². The van der Waals surface area contributed by atoms with Gasteiger partial charge in [0.05, 0.1) is 0 Å². The third kappa shape index (κ3) is 4.93. The number of hydrogen-bond acceptors (Lipinski definition) is 4. The van der Waals surface area contributed by atoms with Gasteiger partial charge in [-0.2, -0.15) is 0 Å². The lowest BCUT2D eigenvalue weighted by atomic mass is 9.93. The van der Waals surface area contributed by atoms with Crippen molar-refractivity contribution in [2.45, 2.75) is 0 Å². The molecular formula is C43H27N3O. The normalized spacial score (nSPS) is 11.6. The van der Waals surface area contributed by atoms with Crippen LogP contribution < -0.4 is 4.74 Å². The summed E-state index contributed by atoms with van der Waals surface area (Å²) in [5, 5.41) is 2.35. The summed E-state index contributed by atoms with van der Waals surface area (Å²) < 4.78 is 6.42. The lowest BCUT2D eigenvalue weighted by Crippen LogP contribution is -2.00. The van der Waals surface area contributed by atoms with Gasteiger partial charge in [0.2, 0.25) is 0 Å². The fraction of sp³-hybridized carbons (Fsp3) is 0. The molecule has 0 unspecified atom stereocenters. The second-order valence-electron chi connectivity index (χ2n) is 11.7. The highest BCUT2D eigenvalue weighted by Crippen LogP contribution is 2.47. The Morgan fingerprint density at radius 1 is 0.319 bits per heavy atom. The Morgan fingerprint density at radius 3 is 1.57 bits per heavy atom. The molecule has 0 saturated heterocycles. The highest BCUT2D eigenvalue weighted by Gasteiger charge is 2.20. The van der Waals surface area contributed by atoms with Gasteiger partial charge in [-0.1, -0.05) is 140 Å². The Hall–Kier alpha value is -6.39. The zero-order valence-corrected chi connectivity index (χ0v) is 25.3. The van der Waals surface area contributed by atoms with Crippen molar-refractivity contribution >= 4 is 10.8 Å². The summed E-state index contributed by atoms with van der Waals surface area (Å²) in [5.74, 6) is 3.67. The summed E-state index contributed by atoms with van der Waals surface area (Å²) in [5.41, 5.74) is 9.55. The number of hydrogen-bond donors (Lipinski definition) is 0. The lowest BCUT2D eigenvalue weighted by molar-refractivity contribution is 0.487. The molecule has 2 heterocycles. The Bertz CT molecular complexity index is 2420. The minimum atomic E-state index is 0.629. The molecule has 8 aromatic rings. The van der Waals surface area contributed by atoms with E-state index >= 15 is 0 Å². The van der Waals surface area contributed by atoms with Gasteiger partial charge in [-0.25, -0.2) is 15.0 Å². The van der Waals surface area contributed by atoms with E-state index in [1.165, 1.54) is 10.9 Å². The summed E-state index contributed by atoms with van der Waals surface area (Å²) in [4.78, 5) is 14.9. The zero-order valence-electron chi connectivity index (χ0n) is 25.3. The van der Waals surface area contributed by atoms with Gasteiger partial charge in [0.25, 0.3) is 0 Å². The van der Waals surface area contributed by atoms with Gasteiger partial charge >= 0.3 is 0 Å². The summed E-state index contributed by atoms with van der Waals surface area (Å²) in [7, 11) is 0. The van der Waals surface area contributed by atoms with Crippen molar-refractivity contribution < 1.29 is 4.74 Å². The SMILES string of the molecule is c1ccc(-c2cccc(-c3nc(-c4ccccc4)nc(-c4ccc(-c5ccc6c(c5)Oc5cccc7cccc-6c57)cc4)n3)c2)cc1. The molecule has 1 aliphatic heterocycles. The zero-order chi connectivity index (χ0) is 31.2. The number of rotatable bonds is 5. The smallest absolute Gasteiger partial charge is 0.164 e. The van der Waals surface area contributed by atoms with Crippen molar-refractivity contribution in [1.82, 2.24) is 15.0 Å². The molecule has 9 rings (SSSR count). The molecule has 220 valence electrons. The van der Waals surface area contributed by atoms with Crippen LogP contribution in [0.1, 0.15) is 0 Å². The van der Waals surface area contributed by atoms with Crippen LogP contribution in [0.5, 0.6) is 11.5 Å². The van der Waals surface area contributed by atoms with Crippen LogP contribution in [0.15, 0.2) is 164 Å². The van der Waals surface area contributed by atoms with E-state index in [4.69, 9.17) is 19.7 Å². The van der Waals surface area contributed by atoms with Crippen molar-refractivity contribution in [1.29, 1.82) is 0 Å². The largest absolute Gasteiger partial charge is 0.456 e. The van der Waals surface area contributed by atoms with Gasteiger partial charge in [0, 0.05) is 27.6 Å². The standard InChI is InChI=1S/C43H27N3O/c1-3-10-28(11-4-1)33-16-7-17-35(26-33)43-45-41(31-12-5-2-6-13-31)44-42(46-43)32-22-20-29(21-23-32)34-24-25-36-37-18-8-14-30-15-9-19-38(40(30)37)47-39(36)27-34/h1-27H. The van der Waals surface area contributed by atoms with Gasteiger partial charge in [-0.15, -0.1) is 0 Å². The Morgan fingerprint density at radius 2 is 0.830 bits per heavy atom. The second-order valence-corrected chi connectivity index (χ2v) is 11.7. The Kier molecular flexibility index (Phi) is 6.43. The van der Waals surface area contributed by atoms with Crippen molar-refractivity contribution in [2.24, 2.45) is 0 Å². The molecule has 0 atom stereocenters. The van der Waals surface area contributed by atoms with E-state index in [1.807, 2.05) is 48.5 Å². The molecule has 0 amide bonds. The summed E-state index contributed by atoms with van der Waals surface area (Å²) in [6.45, 7) is 0. The van der Waals surface area contributed by atoms with Crippen LogP contribution in [-0.4, -0.2) is 15.0 Å². The molecule has 1 aliphatic rings. The van der Waals surface area contributed by atoms with Gasteiger partial charge in [-0.3, -0.25) is 0 Å². The maximum Gasteiger partial charge on any atom is 0.164 e. The number of ether oxygens (including phenoxy) is 1. The van der Waals surface area contributed by atoms with Crippen LogP contribution in [0.2, 0.25) is 0 Å². The molecule has 47 heavy (non-hydrogen) atoms. The molecule has 0 spiro atoms. The van der Waals surface area contributed by atoms with Gasteiger partial charge in [0.1, 0.15) is 11.5 Å². The summed E-state index contributed by atoms with van der Waals surface area (Å²) in [6, 6.07) is 56.3. The molecule has 0 N–H and O–H groups in total. The first kappa shape index (κ1) is 27.0. The van der Waals surface area contributed by atoms with Gasteiger partial charge in [0.15, 0.2) is 17.5 Å². The van der Waals surface area contributed by atoms with Crippen molar-refractivity contribution in [3.8, 4) is 79.0 Å². The first-order chi connectivity index (χ1) is 23.3. The van der Waals surface area contributed by atoms with E-state index in [2.05, 4.69) is 115 Å². The third-order valence-corrected chi connectivity index (χ3v) is 8.73. The van der Waals surface area contributed by atoms with Crippen molar-refractivity contribution in [3.05, 3.63) is 164 Å². The minimum absolute atomic E-state index is 0.629. The third-order valence-electron chi connectivity index (χ3n) is 8.73. The fourth-order valence-electron chi connectivity index (χ4n) is 6.37. The average Bonchev–Trinajstić information content (AvgIpc) is 3.15. The summed E-state index contributed by atoms with van der Waals surface area (Å²) >= 11 is 0. The number of benzene rings is 7.